The normalized spacial score (nSPS) is 40.5. The van der Waals surface area contributed by atoms with Crippen molar-refractivity contribution in [2.24, 2.45) is 58.0 Å². The first-order chi connectivity index (χ1) is 22.9. The minimum Gasteiger partial charge on any atom is -0.449 e. The Hall–Kier alpha value is -3.36. The molecule has 2 N–H and O–H groups in total. The Morgan fingerprint density at radius 2 is 2.00 bits per heavy atom. The van der Waals surface area contributed by atoms with Gasteiger partial charge in [0.15, 0.2) is 5.60 Å². The standard InChI is InChI=1S/C42H49NO4/c1-3-27(2)24-35-40-22-21-29-11-6-10-28(25-32-15-7-13-30-12-4-5-17-33(30)32)19-20-36(46-39(40)45)41(40,26-29)42(35)34-18-8-14-31(16-9-23-43)37(34)38(44)47-42/h4-5,8,12,14,17-18,20-22,27-30,32-33,35H,3,7,9-10,13,15-16,19,23-26,43H2,1-2H3/b36-20+/t27-,28-,29-,30-,32-,33+,35-,40-,41+,42+/m0/s1. The molecule has 0 unspecified atom stereocenters. The van der Waals surface area contributed by atoms with Crippen molar-refractivity contribution in [2.45, 2.75) is 90.1 Å². The van der Waals surface area contributed by atoms with Gasteiger partial charge in [0.05, 0.1) is 11.0 Å². The van der Waals surface area contributed by atoms with Crippen LogP contribution in [-0.2, 0) is 26.3 Å². The Bertz CT molecular complexity index is 1660. The second-order valence-corrected chi connectivity index (χ2v) is 15.6. The van der Waals surface area contributed by atoms with Gasteiger partial charge in [-0.1, -0.05) is 87.3 Å². The second-order valence-electron chi connectivity index (χ2n) is 15.6. The van der Waals surface area contributed by atoms with Crippen molar-refractivity contribution in [2.75, 3.05) is 6.54 Å². The molecule has 246 valence electrons. The molecule has 47 heavy (non-hydrogen) atoms. The van der Waals surface area contributed by atoms with E-state index in [9.17, 15) is 9.59 Å². The number of esters is 2. The van der Waals surface area contributed by atoms with Crippen molar-refractivity contribution >= 4 is 11.9 Å². The number of fused-ring (bicyclic) bond motifs is 4. The summed E-state index contributed by atoms with van der Waals surface area (Å²) < 4.78 is 13.3. The van der Waals surface area contributed by atoms with Gasteiger partial charge in [-0.2, -0.15) is 0 Å². The minimum absolute atomic E-state index is 0.0464. The van der Waals surface area contributed by atoms with E-state index < -0.39 is 16.4 Å². The molecule has 3 fully saturated rings. The topological polar surface area (TPSA) is 78.6 Å². The van der Waals surface area contributed by atoms with Crippen molar-refractivity contribution in [1.82, 2.24) is 0 Å². The molecule has 2 heterocycles. The molecule has 5 aliphatic carbocycles. The zero-order valence-corrected chi connectivity index (χ0v) is 28.0. The highest BCUT2D eigenvalue weighted by molar-refractivity contribution is 5.99. The molecule has 2 spiro atoms. The predicted octanol–water partition coefficient (Wildman–Crippen LogP) is 7.96. The quantitative estimate of drug-likeness (QED) is 0.179. The van der Waals surface area contributed by atoms with E-state index in [1.165, 1.54) is 19.3 Å². The van der Waals surface area contributed by atoms with Gasteiger partial charge in [-0.05, 0) is 99.1 Å². The van der Waals surface area contributed by atoms with Gasteiger partial charge in [-0.25, -0.2) is 4.79 Å². The van der Waals surface area contributed by atoms with E-state index in [-0.39, 0.29) is 23.8 Å². The molecule has 0 aromatic heterocycles. The molecule has 1 aromatic rings. The summed E-state index contributed by atoms with van der Waals surface area (Å²) in [6.07, 6.45) is 26.3. The van der Waals surface area contributed by atoms with Crippen LogP contribution in [-0.4, -0.2) is 18.5 Å². The van der Waals surface area contributed by atoms with Crippen molar-refractivity contribution in [3.63, 3.8) is 0 Å². The van der Waals surface area contributed by atoms with E-state index >= 15 is 0 Å². The third-order valence-electron chi connectivity index (χ3n) is 13.4. The molecule has 1 aromatic carbocycles. The first-order valence-corrected chi connectivity index (χ1v) is 18.4. The fraction of sp³-hybridized carbons (Fsp3) is 0.571. The van der Waals surface area contributed by atoms with Gasteiger partial charge < -0.3 is 15.2 Å². The number of hydrogen-bond donors (Lipinski definition) is 1. The van der Waals surface area contributed by atoms with Gasteiger partial charge >= 0.3 is 11.9 Å². The summed E-state index contributed by atoms with van der Waals surface area (Å²) in [7, 11) is 0. The number of benzene rings is 1. The predicted molar refractivity (Wildman–Crippen MR) is 182 cm³/mol. The molecule has 5 heteroatoms. The lowest BCUT2D eigenvalue weighted by Gasteiger charge is -2.69. The Morgan fingerprint density at radius 1 is 1.13 bits per heavy atom. The van der Waals surface area contributed by atoms with Crippen LogP contribution in [0.1, 0.15) is 99.5 Å². The summed E-state index contributed by atoms with van der Waals surface area (Å²) in [5.41, 5.74) is 5.85. The van der Waals surface area contributed by atoms with Crippen LogP contribution >= 0.6 is 0 Å². The summed E-state index contributed by atoms with van der Waals surface area (Å²) in [6.45, 7) is 5.00. The Labute approximate surface area is 280 Å². The van der Waals surface area contributed by atoms with E-state index in [1.807, 2.05) is 6.07 Å². The van der Waals surface area contributed by atoms with Gasteiger partial charge in [-0.15, -0.1) is 5.92 Å². The highest BCUT2D eigenvalue weighted by Crippen LogP contribution is 2.84. The van der Waals surface area contributed by atoms with Crippen LogP contribution in [0.5, 0.6) is 0 Å². The van der Waals surface area contributed by atoms with Gasteiger partial charge in [-0.3, -0.25) is 4.79 Å². The van der Waals surface area contributed by atoms with Crippen LogP contribution in [0, 0.1) is 64.1 Å². The first kappa shape index (κ1) is 30.9. The maximum absolute atomic E-state index is 14.4. The van der Waals surface area contributed by atoms with Crippen LogP contribution < -0.4 is 5.73 Å². The van der Waals surface area contributed by atoms with Crippen LogP contribution in [0.25, 0.3) is 0 Å². The lowest BCUT2D eigenvalue weighted by Crippen LogP contribution is -2.75. The number of ether oxygens (including phenoxy) is 2. The molecule has 7 aliphatic rings. The van der Waals surface area contributed by atoms with Crippen LogP contribution in [0.3, 0.4) is 0 Å². The average molecular weight is 632 g/mol. The Balaban J connectivity index is 1.24. The molecular weight excluding hydrogens is 582 g/mol. The maximum atomic E-state index is 14.4. The smallest absolute Gasteiger partial charge is 0.339 e. The summed E-state index contributed by atoms with van der Waals surface area (Å²) in [5.74, 6) is 9.88. The molecule has 2 bridgehead atoms. The number of nitrogens with two attached hydrogens (primary N) is 1. The molecule has 2 aliphatic heterocycles. The van der Waals surface area contributed by atoms with Crippen LogP contribution in [0.2, 0.25) is 0 Å². The molecule has 2 saturated carbocycles. The average Bonchev–Trinajstić information content (AvgIpc) is 3.54. The summed E-state index contributed by atoms with van der Waals surface area (Å²) in [4.78, 5) is 28.5. The van der Waals surface area contributed by atoms with E-state index in [0.717, 1.165) is 61.8 Å². The van der Waals surface area contributed by atoms with E-state index in [1.54, 1.807) is 0 Å². The number of allylic oxidation sites excluding steroid dienone is 6. The number of hydrogen-bond acceptors (Lipinski definition) is 5. The van der Waals surface area contributed by atoms with Gasteiger partial charge in [0, 0.05) is 23.8 Å². The molecule has 10 atom stereocenters. The molecule has 0 amide bonds. The second kappa shape index (κ2) is 11.7. The van der Waals surface area contributed by atoms with E-state index in [4.69, 9.17) is 15.2 Å². The van der Waals surface area contributed by atoms with Gasteiger partial charge in [0.1, 0.15) is 11.2 Å². The Kier molecular flexibility index (Phi) is 7.67. The van der Waals surface area contributed by atoms with E-state index in [0.29, 0.717) is 48.1 Å². The van der Waals surface area contributed by atoms with Crippen molar-refractivity contribution in [1.29, 1.82) is 0 Å². The van der Waals surface area contributed by atoms with Crippen molar-refractivity contribution in [3.05, 3.63) is 83.2 Å². The number of aryl methyl sites for hydroxylation is 1. The fourth-order valence-corrected chi connectivity index (χ4v) is 11.1. The summed E-state index contributed by atoms with van der Waals surface area (Å²) >= 11 is 0. The molecule has 0 radical (unpaired) electrons. The van der Waals surface area contributed by atoms with Crippen molar-refractivity contribution in [3.8, 4) is 11.8 Å². The maximum Gasteiger partial charge on any atom is 0.339 e. The number of rotatable bonds is 8. The Morgan fingerprint density at radius 3 is 2.85 bits per heavy atom. The zero-order chi connectivity index (χ0) is 32.4. The molecule has 5 nitrogen and oxygen atoms in total. The number of carbonyl (C=O) groups is 2. The molecule has 1 saturated heterocycles. The SMILES string of the molecule is CC[C@H](C)C[C@@H]1[C@@]2(OC(=O)c3c(CCCN)cccc32)[C@]23C[C@H]4C#CC[C@H](C[C@@H]5CCC[C@@H]6C=CC=C[C@@H]56)C/C=C\2OC(=O)[C@]13C=C4. The third kappa shape index (κ3) is 4.26. The lowest BCUT2D eigenvalue weighted by molar-refractivity contribution is -0.275. The van der Waals surface area contributed by atoms with Gasteiger partial charge in [0.2, 0.25) is 0 Å². The number of carbonyl (C=O) groups excluding carboxylic acids is 2. The monoisotopic (exact) mass is 631 g/mol. The first-order valence-electron chi connectivity index (χ1n) is 18.4. The highest BCUT2D eigenvalue weighted by Gasteiger charge is 2.91. The minimum atomic E-state index is -0.977. The van der Waals surface area contributed by atoms with Crippen LogP contribution in [0.4, 0.5) is 0 Å². The zero-order valence-electron chi connectivity index (χ0n) is 28.0. The summed E-state index contributed by atoms with van der Waals surface area (Å²) in [6, 6.07) is 6.20. The summed E-state index contributed by atoms with van der Waals surface area (Å²) in [5, 5.41) is 0. The van der Waals surface area contributed by atoms with Gasteiger partial charge in [0.25, 0.3) is 0 Å². The lowest BCUT2D eigenvalue weighted by atomic mass is 9.31. The largest absolute Gasteiger partial charge is 0.449 e. The van der Waals surface area contributed by atoms with Crippen molar-refractivity contribution < 1.29 is 19.1 Å². The third-order valence-corrected chi connectivity index (χ3v) is 13.4. The highest BCUT2D eigenvalue weighted by atomic mass is 16.6. The van der Waals surface area contributed by atoms with E-state index in [2.05, 4.69) is 80.4 Å². The fourth-order valence-electron chi connectivity index (χ4n) is 11.1. The van der Waals surface area contributed by atoms with Crippen LogP contribution in [0.15, 0.2) is 66.5 Å². The molecular formula is C42H49NO4. The molecule has 8 rings (SSSR count).